The number of anilines is 1. The van der Waals surface area contributed by atoms with Crippen molar-refractivity contribution in [3.63, 3.8) is 0 Å². The number of halogens is 1. The molecule has 124 valence electrons. The molecule has 0 bridgehead atoms. The number of nitrogens with zero attached hydrogens (tertiary/aromatic N) is 5. The third-order valence-corrected chi connectivity index (χ3v) is 4.59. The Morgan fingerprint density at radius 1 is 1.08 bits per heavy atom. The van der Waals surface area contributed by atoms with Crippen LogP contribution in [0.15, 0.2) is 36.8 Å². The SMILES string of the molecule is CC1CC(C)CN(c2ncnc3c2cnn3-c2ccccc2F)C1. The summed E-state index contributed by atoms with van der Waals surface area (Å²) in [6.07, 6.45) is 4.51. The monoisotopic (exact) mass is 325 g/mol. The highest BCUT2D eigenvalue weighted by molar-refractivity contribution is 5.87. The summed E-state index contributed by atoms with van der Waals surface area (Å²) in [6, 6.07) is 6.59. The molecule has 0 N–H and O–H groups in total. The molecule has 5 nitrogen and oxygen atoms in total. The van der Waals surface area contributed by atoms with Crippen LogP contribution in [0.5, 0.6) is 0 Å². The minimum atomic E-state index is -0.317. The summed E-state index contributed by atoms with van der Waals surface area (Å²) >= 11 is 0. The molecular weight excluding hydrogens is 305 g/mol. The van der Waals surface area contributed by atoms with E-state index < -0.39 is 0 Å². The van der Waals surface area contributed by atoms with Crippen molar-refractivity contribution in [3.05, 3.63) is 42.6 Å². The Morgan fingerprint density at radius 3 is 2.58 bits per heavy atom. The summed E-state index contributed by atoms with van der Waals surface area (Å²) in [6.45, 7) is 6.48. The smallest absolute Gasteiger partial charge is 0.168 e. The summed E-state index contributed by atoms with van der Waals surface area (Å²) in [5.74, 6) is 1.82. The Morgan fingerprint density at radius 2 is 1.83 bits per heavy atom. The molecule has 0 saturated carbocycles. The van der Waals surface area contributed by atoms with Crippen LogP contribution in [0, 0.1) is 17.7 Å². The molecule has 3 aromatic rings. The maximum atomic E-state index is 14.1. The van der Waals surface area contributed by atoms with Crippen LogP contribution >= 0.6 is 0 Å². The Bertz CT molecular complexity index is 865. The van der Waals surface area contributed by atoms with Crippen molar-refractivity contribution < 1.29 is 4.39 Å². The number of para-hydroxylation sites is 1. The van der Waals surface area contributed by atoms with Gasteiger partial charge in [-0.25, -0.2) is 19.0 Å². The molecule has 0 spiro atoms. The second kappa shape index (κ2) is 5.85. The lowest BCUT2D eigenvalue weighted by atomic mass is 9.92. The van der Waals surface area contributed by atoms with Crippen LogP contribution in [0.25, 0.3) is 16.7 Å². The van der Waals surface area contributed by atoms with Crippen molar-refractivity contribution in [1.82, 2.24) is 19.7 Å². The second-order valence-corrected chi connectivity index (χ2v) is 6.79. The van der Waals surface area contributed by atoms with Crippen molar-refractivity contribution in [2.45, 2.75) is 20.3 Å². The second-order valence-electron chi connectivity index (χ2n) is 6.79. The quantitative estimate of drug-likeness (QED) is 0.724. The first kappa shape index (κ1) is 15.1. The van der Waals surface area contributed by atoms with Gasteiger partial charge >= 0.3 is 0 Å². The molecular formula is C18H20FN5. The topological polar surface area (TPSA) is 46.8 Å². The third kappa shape index (κ3) is 2.52. The lowest BCUT2D eigenvalue weighted by Crippen LogP contribution is -2.39. The van der Waals surface area contributed by atoms with E-state index in [4.69, 9.17) is 0 Å². The van der Waals surface area contributed by atoms with Crippen LogP contribution in [-0.2, 0) is 0 Å². The molecule has 0 aliphatic carbocycles. The molecule has 2 atom stereocenters. The zero-order valence-electron chi connectivity index (χ0n) is 13.9. The van der Waals surface area contributed by atoms with Gasteiger partial charge in [0.25, 0.3) is 0 Å². The summed E-state index contributed by atoms with van der Waals surface area (Å²) in [7, 11) is 0. The van der Waals surface area contributed by atoms with Gasteiger partial charge in [-0.3, -0.25) is 0 Å². The first-order valence-corrected chi connectivity index (χ1v) is 8.32. The predicted octanol–water partition coefficient (Wildman–Crippen LogP) is 3.44. The first-order chi connectivity index (χ1) is 11.6. The highest BCUT2D eigenvalue weighted by Gasteiger charge is 2.25. The van der Waals surface area contributed by atoms with Crippen molar-refractivity contribution in [2.24, 2.45) is 11.8 Å². The summed E-state index contributed by atoms with van der Waals surface area (Å²) in [5, 5.41) is 5.23. The number of hydrogen-bond donors (Lipinski definition) is 0. The number of fused-ring (bicyclic) bond motifs is 1. The minimum absolute atomic E-state index is 0.317. The molecule has 24 heavy (non-hydrogen) atoms. The van der Waals surface area contributed by atoms with Gasteiger partial charge in [-0.2, -0.15) is 5.10 Å². The van der Waals surface area contributed by atoms with Gasteiger partial charge in [0, 0.05) is 13.1 Å². The van der Waals surface area contributed by atoms with Gasteiger partial charge < -0.3 is 4.90 Å². The van der Waals surface area contributed by atoms with E-state index >= 15 is 0 Å². The average molecular weight is 325 g/mol. The fourth-order valence-corrected chi connectivity index (χ4v) is 3.72. The number of piperidine rings is 1. The van der Waals surface area contributed by atoms with Crippen LogP contribution < -0.4 is 4.90 Å². The van der Waals surface area contributed by atoms with E-state index in [0.717, 1.165) is 24.3 Å². The zero-order chi connectivity index (χ0) is 16.7. The molecule has 0 radical (unpaired) electrons. The van der Waals surface area contributed by atoms with E-state index in [2.05, 4.69) is 33.8 Å². The highest BCUT2D eigenvalue weighted by Crippen LogP contribution is 2.30. The van der Waals surface area contributed by atoms with Gasteiger partial charge in [-0.05, 0) is 30.4 Å². The molecule has 2 aromatic heterocycles. The third-order valence-electron chi connectivity index (χ3n) is 4.59. The van der Waals surface area contributed by atoms with Crippen LogP contribution in [0.2, 0.25) is 0 Å². The maximum Gasteiger partial charge on any atom is 0.168 e. The summed E-state index contributed by atoms with van der Waals surface area (Å²) in [5.41, 5.74) is 1.04. The Kier molecular flexibility index (Phi) is 3.67. The molecule has 4 rings (SSSR count). The zero-order valence-corrected chi connectivity index (χ0v) is 13.9. The standard InChI is InChI=1S/C18H20FN5/c1-12-7-13(2)10-23(9-12)17-14-8-22-24(18(14)21-11-20-17)16-6-4-3-5-15(16)19/h3-6,8,11-13H,7,9-10H2,1-2H3. The Balaban J connectivity index is 1.81. The molecule has 2 unspecified atom stereocenters. The van der Waals surface area contributed by atoms with Gasteiger partial charge in [0.15, 0.2) is 5.65 Å². The lowest BCUT2D eigenvalue weighted by molar-refractivity contribution is 0.356. The molecule has 1 saturated heterocycles. The summed E-state index contributed by atoms with van der Waals surface area (Å²) < 4.78 is 15.7. The van der Waals surface area contributed by atoms with E-state index in [1.807, 2.05) is 0 Å². The molecule has 0 amide bonds. The van der Waals surface area contributed by atoms with Gasteiger partial charge in [0.2, 0.25) is 0 Å². The molecule has 1 fully saturated rings. The van der Waals surface area contributed by atoms with E-state index in [0.29, 0.717) is 23.2 Å². The average Bonchev–Trinajstić information content (AvgIpc) is 2.98. The fraction of sp³-hybridized carbons (Fsp3) is 0.389. The lowest BCUT2D eigenvalue weighted by Gasteiger charge is -2.35. The minimum Gasteiger partial charge on any atom is -0.355 e. The molecule has 1 aliphatic heterocycles. The number of hydrogen-bond acceptors (Lipinski definition) is 4. The highest BCUT2D eigenvalue weighted by atomic mass is 19.1. The van der Waals surface area contributed by atoms with Crippen molar-refractivity contribution in [2.75, 3.05) is 18.0 Å². The van der Waals surface area contributed by atoms with Gasteiger partial charge in [0.1, 0.15) is 23.6 Å². The summed E-state index contributed by atoms with van der Waals surface area (Å²) in [4.78, 5) is 11.1. The Hall–Kier alpha value is -2.50. The van der Waals surface area contributed by atoms with Crippen molar-refractivity contribution >= 4 is 16.9 Å². The normalized spacial score (nSPS) is 21.4. The fourth-order valence-electron chi connectivity index (χ4n) is 3.72. The molecule has 6 heteroatoms. The van der Waals surface area contributed by atoms with E-state index in [1.165, 1.54) is 12.5 Å². The number of aromatic nitrogens is 4. The Labute approximate surface area is 140 Å². The predicted molar refractivity (Wildman–Crippen MR) is 91.8 cm³/mol. The molecule has 3 heterocycles. The van der Waals surface area contributed by atoms with Crippen LogP contribution in [0.1, 0.15) is 20.3 Å². The largest absolute Gasteiger partial charge is 0.355 e. The molecule has 1 aromatic carbocycles. The van der Waals surface area contributed by atoms with Gasteiger partial charge in [-0.15, -0.1) is 0 Å². The maximum absolute atomic E-state index is 14.1. The van der Waals surface area contributed by atoms with Crippen molar-refractivity contribution in [1.29, 1.82) is 0 Å². The number of rotatable bonds is 2. The van der Waals surface area contributed by atoms with Crippen LogP contribution in [-0.4, -0.2) is 32.8 Å². The van der Waals surface area contributed by atoms with Crippen molar-refractivity contribution in [3.8, 4) is 5.69 Å². The van der Waals surface area contributed by atoms with Crippen LogP contribution in [0.4, 0.5) is 10.2 Å². The van der Waals surface area contributed by atoms with Gasteiger partial charge in [0.05, 0.1) is 11.6 Å². The van der Waals surface area contributed by atoms with E-state index in [9.17, 15) is 4.39 Å². The molecule has 1 aliphatic rings. The first-order valence-electron chi connectivity index (χ1n) is 8.32. The van der Waals surface area contributed by atoms with E-state index in [-0.39, 0.29) is 5.82 Å². The van der Waals surface area contributed by atoms with Gasteiger partial charge in [-0.1, -0.05) is 26.0 Å². The van der Waals surface area contributed by atoms with E-state index in [1.54, 1.807) is 35.4 Å². The number of benzene rings is 1. The van der Waals surface area contributed by atoms with Crippen LogP contribution in [0.3, 0.4) is 0 Å².